The maximum Gasteiger partial charge on any atom is 0.140 e. The molecule has 0 unspecified atom stereocenters. The highest BCUT2D eigenvalue weighted by atomic mass is 32.1. The Morgan fingerprint density at radius 1 is 1.64 bits per heavy atom. The zero-order valence-corrected chi connectivity index (χ0v) is 9.65. The predicted octanol–water partition coefficient (Wildman–Crippen LogP) is 1.69. The lowest BCUT2D eigenvalue weighted by Crippen LogP contribution is -2.35. The van der Waals surface area contributed by atoms with Gasteiger partial charge in [0.1, 0.15) is 5.78 Å². The molecule has 0 fully saturated rings. The number of nitrogens with zero attached hydrogens (tertiary/aromatic N) is 1. The second kappa shape index (κ2) is 4.19. The Hall–Kier alpha value is -0.740. The molecule has 0 spiro atoms. The van der Waals surface area contributed by atoms with Gasteiger partial charge in [-0.3, -0.25) is 4.79 Å². The summed E-state index contributed by atoms with van der Waals surface area (Å²) in [5.41, 5.74) is 6.20. The summed E-state index contributed by atoms with van der Waals surface area (Å²) >= 11 is 1.57. The SMILES string of the molecule is Cc1nc(CC(=O)CC(C)(C)N)cs1. The normalized spacial score (nSPS) is 11.7. The smallest absolute Gasteiger partial charge is 0.140 e. The number of aromatic nitrogens is 1. The van der Waals surface area contributed by atoms with E-state index < -0.39 is 5.54 Å². The highest BCUT2D eigenvalue weighted by Gasteiger charge is 2.17. The minimum absolute atomic E-state index is 0.155. The molecule has 78 valence electrons. The van der Waals surface area contributed by atoms with Gasteiger partial charge >= 0.3 is 0 Å². The monoisotopic (exact) mass is 212 g/mol. The summed E-state index contributed by atoms with van der Waals surface area (Å²) in [6.07, 6.45) is 0.814. The van der Waals surface area contributed by atoms with Gasteiger partial charge in [0.15, 0.2) is 0 Å². The first-order valence-corrected chi connectivity index (χ1v) is 5.46. The number of rotatable bonds is 4. The summed E-state index contributed by atoms with van der Waals surface area (Å²) in [5, 5.41) is 2.93. The first-order chi connectivity index (χ1) is 6.37. The second-order valence-electron chi connectivity index (χ2n) is 4.24. The fourth-order valence-corrected chi connectivity index (χ4v) is 1.87. The Balaban J connectivity index is 2.50. The molecule has 0 aliphatic carbocycles. The van der Waals surface area contributed by atoms with Crippen molar-refractivity contribution in [3.05, 3.63) is 16.1 Å². The molecule has 1 heterocycles. The number of nitrogens with two attached hydrogens (primary N) is 1. The molecule has 0 saturated carbocycles. The summed E-state index contributed by atoms with van der Waals surface area (Å²) in [4.78, 5) is 15.8. The van der Waals surface area contributed by atoms with Crippen LogP contribution < -0.4 is 5.73 Å². The van der Waals surface area contributed by atoms with Gasteiger partial charge in [-0.25, -0.2) is 4.98 Å². The number of hydrogen-bond acceptors (Lipinski definition) is 4. The van der Waals surface area contributed by atoms with Crippen molar-refractivity contribution in [2.24, 2.45) is 5.73 Å². The van der Waals surface area contributed by atoms with Gasteiger partial charge in [-0.2, -0.15) is 0 Å². The summed E-state index contributed by atoms with van der Waals surface area (Å²) in [5.74, 6) is 0.155. The Kier molecular flexibility index (Phi) is 3.39. The lowest BCUT2D eigenvalue weighted by atomic mass is 9.97. The molecule has 0 amide bonds. The molecule has 1 aromatic heterocycles. The van der Waals surface area contributed by atoms with Gasteiger partial charge in [-0.1, -0.05) is 0 Å². The van der Waals surface area contributed by atoms with Gasteiger partial charge in [0.25, 0.3) is 0 Å². The number of thiazole rings is 1. The summed E-state index contributed by atoms with van der Waals surface area (Å²) in [6, 6.07) is 0. The van der Waals surface area contributed by atoms with Crippen molar-refractivity contribution >= 4 is 17.1 Å². The van der Waals surface area contributed by atoms with E-state index in [1.54, 1.807) is 11.3 Å². The molecule has 1 aromatic rings. The molecule has 0 bridgehead atoms. The second-order valence-corrected chi connectivity index (χ2v) is 5.30. The maximum absolute atomic E-state index is 11.5. The average Bonchev–Trinajstić information content (AvgIpc) is 2.30. The fraction of sp³-hybridized carbons (Fsp3) is 0.600. The molecule has 3 nitrogen and oxygen atoms in total. The minimum atomic E-state index is -0.415. The lowest BCUT2D eigenvalue weighted by molar-refractivity contribution is -0.119. The van der Waals surface area contributed by atoms with Gasteiger partial charge < -0.3 is 5.73 Å². The Bertz CT molecular complexity index is 325. The first kappa shape index (κ1) is 11.3. The number of carbonyl (C=O) groups is 1. The molecule has 0 aliphatic rings. The third-order valence-electron chi connectivity index (χ3n) is 1.70. The Labute approximate surface area is 88.3 Å². The van der Waals surface area contributed by atoms with Crippen LogP contribution in [0.2, 0.25) is 0 Å². The third-order valence-corrected chi connectivity index (χ3v) is 2.52. The molecule has 14 heavy (non-hydrogen) atoms. The van der Waals surface area contributed by atoms with Gasteiger partial charge in [-0.15, -0.1) is 11.3 Å². The Morgan fingerprint density at radius 3 is 2.71 bits per heavy atom. The molecule has 0 atom stereocenters. The quantitative estimate of drug-likeness (QED) is 0.826. The third kappa shape index (κ3) is 3.98. The number of aryl methyl sites for hydroxylation is 1. The Morgan fingerprint density at radius 2 is 2.29 bits per heavy atom. The zero-order chi connectivity index (χ0) is 10.8. The minimum Gasteiger partial charge on any atom is -0.325 e. The van der Waals surface area contributed by atoms with E-state index >= 15 is 0 Å². The van der Waals surface area contributed by atoms with Gasteiger partial charge in [0, 0.05) is 23.8 Å². The van der Waals surface area contributed by atoms with Crippen LogP contribution in [0.1, 0.15) is 31.0 Å². The number of hydrogen-bond donors (Lipinski definition) is 1. The van der Waals surface area contributed by atoms with E-state index in [1.807, 2.05) is 26.2 Å². The van der Waals surface area contributed by atoms with Crippen molar-refractivity contribution in [2.75, 3.05) is 0 Å². The van der Waals surface area contributed by atoms with Crippen molar-refractivity contribution in [1.29, 1.82) is 0 Å². The molecule has 0 saturated heterocycles. The van der Waals surface area contributed by atoms with Crippen LogP contribution in [0.4, 0.5) is 0 Å². The van der Waals surface area contributed by atoms with E-state index in [2.05, 4.69) is 4.98 Å². The molecule has 0 radical (unpaired) electrons. The van der Waals surface area contributed by atoms with Crippen LogP contribution in [0.15, 0.2) is 5.38 Å². The van der Waals surface area contributed by atoms with Crippen LogP contribution >= 0.6 is 11.3 Å². The van der Waals surface area contributed by atoms with Gasteiger partial charge in [0.2, 0.25) is 0 Å². The summed E-state index contributed by atoms with van der Waals surface area (Å²) in [6.45, 7) is 5.65. The van der Waals surface area contributed by atoms with Crippen LogP contribution in [-0.4, -0.2) is 16.3 Å². The molecule has 2 N–H and O–H groups in total. The highest BCUT2D eigenvalue weighted by Crippen LogP contribution is 2.11. The van der Waals surface area contributed by atoms with E-state index in [-0.39, 0.29) is 5.78 Å². The van der Waals surface area contributed by atoms with Crippen molar-refractivity contribution in [3.63, 3.8) is 0 Å². The first-order valence-electron chi connectivity index (χ1n) is 4.58. The van der Waals surface area contributed by atoms with E-state index in [0.717, 1.165) is 10.7 Å². The van der Waals surface area contributed by atoms with Crippen molar-refractivity contribution in [2.45, 2.75) is 39.2 Å². The lowest BCUT2D eigenvalue weighted by Gasteiger charge is -2.16. The van der Waals surface area contributed by atoms with Crippen LogP contribution in [0, 0.1) is 6.92 Å². The van der Waals surface area contributed by atoms with Crippen molar-refractivity contribution in [1.82, 2.24) is 4.98 Å². The fourth-order valence-electron chi connectivity index (χ4n) is 1.26. The van der Waals surface area contributed by atoms with Crippen LogP contribution in [0.5, 0.6) is 0 Å². The average molecular weight is 212 g/mol. The van der Waals surface area contributed by atoms with Crippen LogP contribution in [0.3, 0.4) is 0 Å². The molecule has 4 heteroatoms. The molecular formula is C10H16N2OS. The highest BCUT2D eigenvalue weighted by molar-refractivity contribution is 7.09. The van der Waals surface area contributed by atoms with Gasteiger partial charge in [0.05, 0.1) is 10.7 Å². The van der Waals surface area contributed by atoms with E-state index in [9.17, 15) is 4.79 Å². The molecular weight excluding hydrogens is 196 g/mol. The van der Waals surface area contributed by atoms with E-state index in [1.165, 1.54) is 0 Å². The standard InChI is InChI=1S/C10H16N2OS/c1-7-12-8(6-14-7)4-9(13)5-10(2,3)11/h6H,4-5,11H2,1-3H3. The summed E-state index contributed by atoms with van der Waals surface area (Å²) in [7, 11) is 0. The summed E-state index contributed by atoms with van der Waals surface area (Å²) < 4.78 is 0. The number of Topliss-reactive ketones (excluding diaryl/α,β-unsaturated/α-hetero) is 1. The largest absolute Gasteiger partial charge is 0.325 e. The van der Waals surface area contributed by atoms with Crippen molar-refractivity contribution < 1.29 is 4.79 Å². The van der Waals surface area contributed by atoms with Gasteiger partial charge in [-0.05, 0) is 20.8 Å². The van der Waals surface area contributed by atoms with Crippen molar-refractivity contribution in [3.8, 4) is 0 Å². The van der Waals surface area contributed by atoms with Crippen LogP contribution in [-0.2, 0) is 11.2 Å². The number of carbonyl (C=O) groups excluding carboxylic acids is 1. The van der Waals surface area contributed by atoms with E-state index in [4.69, 9.17) is 5.73 Å². The predicted molar refractivity (Wildman–Crippen MR) is 58.4 cm³/mol. The topological polar surface area (TPSA) is 56.0 Å². The number of ketones is 1. The molecule has 1 rings (SSSR count). The zero-order valence-electron chi connectivity index (χ0n) is 8.83. The van der Waals surface area contributed by atoms with Crippen LogP contribution in [0.25, 0.3) is 0 Å². The maximum atomic E-state index is 11.5. The molecule has 0 aliphatic heterocycles. The van der Waals surface area contributed by atoms with E-state index in [0.29, 0.717) is 12.8 Å². The molecule has 0 aromatic carbocycles.